The van der Waals surface area contributed by atoms with Crippen molar-refractivity contribution in [3.05, 3.63) is 53.7 Å². The minimum atomic E-state index is -0.981. The number of aromatic nitrogens is 1. The third kappa shape index (κ3) is 3.47. The molecule has 0 fully saturated rings. The SMILES string of the molecule is COc1ccc(CCNc2ncccc2C(=O)O)cc1. The number of nitrogens with one attached hydrogen (secondary N) is 1. The lowest BCUT2D eigenvalue weighted by atomic mass is 10.1. The molecule has 5 nitrogen and oxygen atoms in total. The molecule has 0 aliphatic carbocycles. The molecule has 0 saturated carbocycles. The van der Waals surface area contributed by atoms with Crippen LogP contribution in [0.3, 0.4) is 0 Å². The highest BCUT2D eigenvalue weighted by atomic mass is 16.5. The zero-order chi connectivity index (χ0) is 14.4. The second-order valence-electron chi connectivity index (χ2n) is 4.23. The van der Waals surface area contributed by atoms with Crippen LogP contribution in [-0.2, 0) is 6.42 Å². The topological polar surface area (TPSA) is 71.5 Å². The zero-order valence-corrected chi connectivity index (χ0v) is 11.2. The number of aromatic carboxylic acids is 1. The molecule has 0 atom stereocenters. The van der Waals surface area contributed by atoms with Crippen molar-refractivity contribution in [3.63, 3.8) is 0 Å². The van der Waals surface area contributed by atoms with Gasteiger partial charge < -0.3 is 15.2 Å². The van der Waals surface area contributed by atoms with Crippen molar-refractivity contribution in [2.45, 2.75) is 6.42 Å². The van der Waals surface area contributed by atoms with Gasteiger partial charge in [-0.05, 0) is 36.2 Å². The monoisotopic (exact) mass is 272 g/mol. The van der Waals surface area contributed by atoms with Crippen molar-refractivity contribution in [1.82, 2.24) is 4.98 Å². The lowest BCUT2D eigenvalue weighted by molar-refractivity contribution is 0.0697. The summed E-state index contributed by atoms with van der Waals surface area (Å²) in [4.78, 5) is 15.1. The highest BCUT2D eigenvalue weighted by Crippen LogP contribution is 2.13. The van der Waals surface area contributed by atoms with Crippen LogP contribution in [0, 0.1) is 0 Å². The summed E-state index contributed by atoms with van der Waals surface area (Å²) in [7, 11) is 1.63. The molecule has 0 spiro atoms. The molecule has 5 heteroatoms. The van der Waals surface area contributed by atoms with Crippen LogP contribution in [0.25, 0.3) is 0 Å². The quantitative estimate of drug-likeness (QED) is 0.845. The molecule has 0 amide bonds. The maximum atomic E-state index is 11.0. The van der Waals surface area contributed by atoms with E-state index in [0.29, 0.717) is 12.4 Å². The predicted molar refractivity (Wildman–Crippen MR) is 76.4 cm³/mol. The van der Waals surface area contributed by atoms with Gasteiger partial charge in [-0.1, -0.05) is 12.1 Å². The first kappa shape index (κ1) is 13.9. The third-order valence-electron chi connectivity index (χ3n) is 2.90. The summed E-state index contributed by atoms with van der Waals surface area (Å²) >= 11 is 0. The third-order valence-corrected chi connectivity index (χ3v) is 2.90. The van der Waals surface area contributed by atoms with Crippen molar-refractivity contribution < 1.29 is 14.6 Å². The molecule has 0 aliphatic rings. The maximum absolute atomic E-state index is 11.0. The van der Waals surface area contributed by atoms with Crippen molar-refractivity contribution in [3.8, 4) is 5.75 Å². The Labute approximate surface area is 117 Å². The van der Waals surface area contributed by atoms with Crippen molar-refractivity contribution in [1.29, 1.82) is 0 Å². The Kier molecular flexibility index (Phi) is 4.55. The molecule has 1 aromatic heterocycles. The molecule has 1 aromatic carbocycles. The number of methoxy groups -OCH3 is 1. The first-order valence-electron chi connectivity index (χ1n) is 6.26. The molecule has 104 valence electrons. The Bertz CT molecular complexity index is 582. The highest BCUT2D eigenvalue weighted by molar-refractivity contribution is 5.92. The Morgan fingerprint density at radius 3 is 2.70 bits per heavy atom. The maximum Gasteiger partial charge on any atom is 0.339 e. The van der Waals surface area contributed by atoms with Crippen LogP contribution in [0.2, 0.25) is 0 Å². The van der Waals surface area contributed by atoms with Gasteiger partial charge in [-0.2, -0.15) is 0 Å². The predicted octanol–water partition coefficient (Wildman–Crippen LogP) is 2.44. The Balaban J connectivity index is 1.94. The van der Waals surface area contributed by atoms with Gasteiger partial charge in [0.1, 0.15) is 17.1 Å². The van der Waals surface area contributed by atoms with Crippen LogP contribution >= 0.6 is 0 Å². The molecular formula is C15H16N2O3. The summed E-state index contributed by atoms with van der Waals surface area (Å²) in [5, 5.41) is 12.1. The van der Waals surface area contributed by atoms with Gasteiger partial charge in [-0.25, -0.2) is 9.78 Å². The molecule has 0 aliphatic heterocycles. The minimum absolute atomic E-state index is 0.183. The number of rotatable bonds is 6. The van der Waals surface area contributed by atoms with E-state index in [0.717, 1.165) is 17.7 Å². The standard InChI is InChI=1S/C15H16N2O3/c1-20-12-6-4-11(5-7-12)8-10-17-14-13(15(18)19)3-2-9-16-14/h2-7,9H,8,10H2,1H3,(H,16,17)(H,18,19). The summed E-state index contributed by atoms with van der Waals surface area (Å²) in [6, 6.07) is 10.9. The lowest BCUT2D eigenvalue weighted by Gasteiger charge is -2.08. The van der Waals surface area contributed by atoms with Gasteiger partial charge in [0.05, 0.1) is 7.11 Å². The molecule has 0 radical (unpaired) electrons. The van der Waals surface area contributed by atoms with Crippen LogP contribution < -0.4 is 10.1 Å². The van der Waals surface area contributed by atoms with E-state index in [9.17, 15) is 4.79 Å². The van der Waals surface area contributed by atoms with E-state index in [1.165, 1.54) is 6.07 Å². The number of anilines is 1. The summed E-state index contributed by atoms with van der Waals surface area (Å²) in [5.41, 5.74) is 1.33. The molecule has 20 heavy (non-hydrogen) atoms. The Morgan fingerprint density at radius 1 is 1.30 bits per heavy atom. The molecule has 2 N–H and O–H groups in total. The number of ether oxygens (including phenoxy) is 1. The van der Waals surface area contributed by atoms with Gasteiger partial charge in [-0.3, -0.25) is 0 Å². The van der Waals surface area contributed by atoms with Crippen molar-refractivity contribution in [2.75, 3.05) is 19.0 Å². The van der Waals surface area contributed by atoms with Crippen LogP contribution in [0.4, 0.5) is 5.82 Å². The van der Waals surface area contributed by atoms with E-state index >= 15 is 0 Å². The van der Waals surface area contributed by atoms with Crippen LogP contribution in [-0.4, -0.2) is 29.7 Å². The number of hydrogen-bond acceptors (Lipinski definition) is 4. The van der Waals surface area contributed by atoms with Gasteiger partial charge in [0.25, 0.3) is 0 Å². The summed E-state index contributed by atoms with van der Waals surface area (Å²) in [6.07, 6.45) is 2.35. The number of carboxylic acids is 1. The normalized spacial score (nSPS) is 10.1. The van der Waals surface area contributed by atoms with Crippen molar-refractivity contribution >= 4 is 11.8 Å². The van der Waals surface area contributed by atoms with Gasteiger partial charge in [0.2, 0.25) is 0 Å². The average Bonchev–Trinajstić information content (AvgIpc) is 2.48. The van der Waals surface area contributed by atoms with E-state index in [2.05, 4.69) is 10.3 Å². The fraction of sp³-hybridized carbons (Fsp3) is 0.200. The lowest BCUT2D eigenvalue weighted by Crippen LogP contribution is -2.10. The van der Waals surface area contributed by atoms with E-state index in [1.54, 1.807) is 19.4 Å². The van der Waals surface area contributed by atoms with E-state index in [-0.39, 0.29) is 5.56 Å². The number of nitrogens with zero attached hydrogens (tertiary/aromatic N) is 1. The molecule has 0 saturated heterocycles. The van der Waals surface area contributed by atoms with Gasteiger partial charge in [0, 0.05) is 12.7 Å². The minimum Gasteiger partial charge on any atom is -0.497 e. The summed E-state index contributed by atoms with van der Waals surface area (Å²) in [5.74, 6) is 0.234. The number of carboxylic acid groups (broad SMARTS) is 1. The zero-order valence-electron chi connectivity index (χ0n) is 11.2. The molecular weight excluding hydrogens is 256 g/mol. The van der Waals surface area contributed by atoms with E-state index in [1.807, 2.05) is 24.3 Å². The summed E-state index contributed by atoms with van der Waals surface area (Å²) in [6.45, 7) is 0.615. The van der Waals surface area contributed by atoms with E-state index in [4.69, 9.17) is 9.84 Å². The average molecular weight is 272 g/mol. The van der Waals surface area contributed by atoms with Crippen LogP contribution in [0.15, 0.2) is 42.6 Å². The number of hydrogen-bond donors (Lipinski definition) is 2. The number of pyridine rings is 1. The molecule has 1 heterocycles. The number of carbonyl (C=O) groups is 1. The Hall–Kier alpha value is -2.56. The molecule has 0 bridgehead atoms. The van der Waals surface area contributed by atoms with Gasteiger partial charge in [-0.15, -0.1) is 0 Å². The summed E-state index contributed by atoms with van der Waals surface area (Å²) < 4.78 is 5.09. The Morgan fingerprint density at radius 2 is 2.05 bits per heavy atom. The second-order valence-corrected chi connectivity index (χ2v) is 4.23. The molecule has 2 aromatic rings. The second kappa shape index (κ2) is 6.56. The number of benzene rings is 1. The highest BCUT2D eigenvalue weighted by Gasteiger charge is 2.09. The first-order valence-corrected chi connectivity index (χ1v) is 6.26. The van der Waals surface area contributed by atoms with Crippen LogP contribution in [0.5, 0.6) is 5.75 Å². The van der Waals surface area contributed by atoms with Gasteiger partial charge >= 0.3 is 5.97 Å². The fourth-order valence-electron chi connectivity index (χ4n) is 1.84. The van der Waals surface area contributed by atoms with Crippen LogP contribution in [0.1, 0.15) is 15.9 Å². The van der Waals surface area contributed by atoms with E-state index < -0.39 is 5.97 Å². The smallest absolute Gasteiger partial charge is 0.339 e. The van der Waals surface area contributed by atoms with Crippen molar-refractivity contribution in [2.24, 2.45) is 0 Å². The first-order chi connectivity index (χ1) is 9.70. The largest absolute Gasteiger partial charge is 0.497 e. The van der Waals surface area contributed by atoms with Gasteiger partial charge in [0.15, 0.2) is 0 Å². The fourth-order valence-corrected chi connectivity index (χ4v) is 1.84. The molecule has 0 unspecified atom stereocenters. The molecule has 2 rings (SSSR count).